The number of nitrogens with one attached hydrogen (secondary N) is 1. The van der Waals surface area contributed by atoms with Crippen LogP contribution in [0.25, 0.3) is 0 Å². The Balaban J connectivity index is 1.86. The maximum absolute atomic E-state index is 11.9. The molecule has 3 N–H and O–H groups in total. The molecule has 1 aliphatic heterocycles. The molecule has 0 aromatic heterocycles. The predicted octanol–water partition coefficient (Wildman–Crippen LogP) is 1.01. The zero-order chi connectivity index (χ0) is 14.5. The number of rotatable bonds is 6. The molecule has 110 valence electrons. The van der Waals surface area contributed by atoms with Crippen LogP contribution in [0.15, 0.2) is 12.1 Å². The van der Waals surface area contributed by atoms with Crippen LogP contribution >= 0.6 is 0 Å². The number of nitrogens with two attached hydrogens (primary N) is 1. The van der Waals surface area contributed by atoms with Crippen LogP contribution in [-0.4, -0.2) is 38.9 Å². The molecule has 2 rings (SSSR count). The maximum Gasteiger partial charge on any atom is 0.261 e. The fourth-order valence-electron chi connectivity index (χ4n) is 1.66. The molecular weight excluding hydrogens is 274 g/mol. The predicted molar refractivity (Wildman–Crippen MR) is 66.1 cm³/mol. The maximum atomic E-state index is 11.9. The first-order valence-corrected chi connectivity index (χ1v) is 5.91. The number of carbonyl (C=O) groups excluding carboxylic acids is 1. The fraction of sp³-hybridized carbons (Fsp3) is 0.417. The molecule has 1 aromatic rings. The SMILES string of the molecule is Nc1cc2c(cc1C(=O)NCCOCC(F)F)OCO2. The van der Waals surface area contributed by atoms with Crippen LogP contribution < -0.4 is 20.5 Å². The van der Waals surface area contributed by atoms with Gasteiger partial charge in [-0.15, -0.1) is 0 Å². The summed E-state index contributed by atoms with van der Waals surface area (Å²) in [4.78, 5) is 11.9. The number of alkyl halides is 2. The summed E-state index contributed by atoms with van der Waals surface area (Å²) >= 11 is 0. The number of amides is 1. The minimum absolute atomic E-state index is 0.000532. The molecule has 1 aliphatic rings. The van der Waals surface area contributed by atoms with Crippen LogP contribution in [0.4, 0.5) is 14.5 Å². The van der Waals surface area contributed by atoms with Gasteiger partial charge in [0.05, 0.1) is 12.2 Å². The van der Waals surface area contributed by atoms with Gasteiger partial charge in [-0.3, -0.25) is 4.79 Å². The van der Waals surface area contributed by atoms with Gasteiger partial charge < -0.3 is 25.3 Å². The molecule has 1 amide bonds. The van der Waals surface area contributed by atoms with E-state index >= 15 is 0 Å². The van der Waals surface area contributed by atoms with Gasteiger partial charge in [0.1, 0.15) is 6.61 Å². The van der Waals surface area contributed by atoms with Crippen molar-refractivity contribution in [1.82, 2.24) is 5.32 Å². The summed E-state index contributed by atoms with van der Waals surface area (Å²) in [5.41, 5.74) is 6.23. The summed E-state index contributed by atoms with van der Waals surface area (Å²) in [5.74, 6) is 0.499. The van der Waals surface area contributed by atoms with E-state index in [2.05, 4.69) is 10.1 Å². The third-order valence-electron chi connectivity index (χ3n) is 2.57. The first-order chi connectivity index (χ1) is 9.58. The zero-order valence-corrected chi connectivity index (χ0v) is 10.5. The Kier molecular flexibility index (Phi) is 4.57. The second-order valence-corrected chi connectivity index (χ2v) is 4.01. The lowest BCUT2D eigenvalue weighted by Gasteiger charge is -2.09. The number of fused-ring (bicyclic) bond motifs is 1. The second kappa shape index (κ2) is 6.38. The summed E-state index contributed by atoms with van der Waals surface area (Å²) in [6, 6.07) is 2.98. The fourth-order valence-corrected chi connectivity index (χ4v) is 1.66. The molecule has 0 saturated carbocycles. The average molecular weight is 288 g/mol. The van der Waals surface area contributed by atoms with Crippen molar-refractivity contribution in [2.24, 2.45) is 0 Å². The van der Waals surface area contributed by atoms with Crippen molar-refractivity contribution in [2.75, 3.05) is 32.3 Å². The van der Waals surface area contributed by atoms with Crippen LogP contribution in [0.2, 0.25) is 0 Å². The lowest BCUT2D eigenvalue weighted by molar-refractivity contribution is 0.0188. The molecule has 0 bridgehead atoms. The number of hydrogen-bond acceptors (Lipinski definition) is 5. The van der Waals surface area contributed by atoms with E-state index < -0.39 is 18.9 Å². The van der Waals surface area contributed by atoms with Crippen molar-refractivity contribution in [3.8, 4) is 11.5 Å². The number of nitrogen functional groups attached to an aromatic ring is 1. The number of halogens is 2. The van der Waals surface area contributed by atoms with Gasteiger partial charge in [-0.1, -0.05) is 0 Å². The van der Waals surface area contributed by atoms with E-state index in [1.165, 1.54) is 12.1 Å². The summed E-state index contributed by atoms with van der Waals surface area (Å²) in [6.07, 6.45) is -2.52. The molecule has 0 unspecified atom stereocenters. The molecule has 0 atom stereocenters. The minimum atomic E-state index is -2.52. The lowest BCUT2D eigenvalue weighted by Crippen LogP contribution is -2.28. The van der Waals surface area contributed by atoms with Crippen LogP contribution in [0.5, 0.6) is 11.5 Å². The van der Waals surface area contributed by atoms with Gasteiger partial charge in [-0.2, -0.15) is 0 Å². The van der Waals surface area contributed by atoms with E-state index in [0.717, 1.165) is 0 Å². The molecule has 6 nitrogen and oxygen atoms in total. The second-order valence-electron chi connectivity index (χ2n) is 4.01. The molecule has 1 heterocycles. The highest BCUT2D eigenvalue weighted by molar-refractivity contribution is 6.00. The monoisotopic (exact) mass is 288 g/mol. The molecule has 1 aromatic carbocycles. The standard InChI is InChI=1S/C12H14F2N2O4/c13-11(14)5-18-2-1-16-12(17)7-3-9-10(4-8(7)15)20-6-19-9/h3-4,11H,1-2,5-6,15H2,(H,16,17). The zero-order valence-electron chi connectivity index (χ0n) is 10.5. The van der Waals surface area contributed by atoms with Crippen molar-refractivity contribution in [3.63, 3.8) is 0 Å². The Labute approximate surface area is 113 Å². The van der Waals surface area contributed by atoms with E-state index in [-0.39, 0.29) is 31.2 Å². The van der Waals surface area contributed by atoms with Gasteiger partial charge in [-0.05, 0) is 6.07 Å². The van der Waals surface area contributed by atoms with Crippen LogP contribution in [0.1, 0.15) is 10.4 Å². The molecule has 0 spiro atoms. The van der Waals surface area contributed by atoms with Crippen molar-refractivity contribution >= 4 is 11.6 Å². The Morgan fingerprint density at radius 2 is 2.10 bits per heavy atom. The van der Waals surface area contributed by atoms with E-state index in [0.29, 0.717) is 11.5 Å². The third-order valence-corrected chi connectivity index (χ3v) is 2.57. The highest BCUT2D eigenvalue weighted by Gasteiger charge is 2.19. The van der Waals surface area contributed by atoms with Crippen LogP contribution in [0.3, 0.4) is 0 Å². The molecule has 20 heavy (non-hydrogen) atoms. The van der Waals surface area contributed by atoms with Crippen molar-refractivity contribution < 1.29 is 27.8 Å². The van der Waals surface area contributed by atoms with E-state index in [9.17, 15) is 13.6 Å². The van der Waals surface area contributed by atoms with Crippen molar-refractivity contribution in [1.29, 1.82) is 0 Å². The van der Waals surface area contributed by atoms with Crippen molar-refractivity contribution in [2.45, 2.75) is 6.43 Å². The molecule has 0 aliphatic carbocycles. The summed E-state index contributed by atoms with van der Waals surface area (Å²) < 4.78 is 38.5. The van der Waals surface area contributed by atoms with Crippen LogP contribution in [-0.2, 0) is 4.74 Å². The van der Waals surface area contributed by atoms with E-state index in [4.69, 9.17) is 15.2 Å². The van der Waals surface area contributed by atoms with E-state index in [1.54, 1.807) is 0 Å². The van der Waals surface area contributed by atoms with Gasteiger partial charge in [0, 0.05) is 18.3 Å². The number of carbonyl (C=O) groups is 1. The Morgan fingerprint density at radius 3 is 2.80 bits per heavy atom. The molecule has 8 heteroatoms. The normalized spacial score (nSPS) is 12.8. The Hall–Kier alpha value is -2.09. The topological polar surface area (TPSA) is 82.8 Å². The first kappa shape index (κ1) is 14.3. The smallest absolute Gasteiger partial charge is 0.261 e. The molecular formula is C12H14F2N2O4. The summed E-state index contributed by atoms with van der Waals surface area (Å²) in [6.45, 7) is -0.455. The lowest BCUT2D eigenvalue weighted by atomic mass is 10.1. The minimum Gasteiger partial charge on any atom is -0.454 e. The Bertz CT molecular complexity index is 497. The number of anilines is 1. The average Bonchev–Trinajstić information content (AvgIpc) is 2.83. The van der Waals surface area contributed by atoms with E-state index in [1.807, 2.05) is 0 Å². The largest absolute Gasteiger partial charge is 0.454 e. The number of hydrogen-bond donors (Lipinski definition) is 2. The third kappa shape index (κ3) is 3.47. The molecule has 0 radical (unpaired) electrons. The van der Waals surface area contributed by atoms with Gasteiger partial charge in [0.25, 0.3) is 12.3 Å². The number of benzene rings is 1. The Morgan fingerprint density at radius 1 is 1.40 bits per heavy atom. The highest BCUT2D eigenvalue weighted by Crippen LogP contribution is 2.35. The number of ether oxygens (including phenoxy) is 3. The molecule has 0 fully saturated rings. The van der Waals surface area contributed by atoms with Gasteiger partial charge >= 0.3 is 0 Å². The molecule has 0 saturated heterocycles. The highest BCUT2D eigenvalue weighted by atomic mass is 19.3. The summed E-state index contributed by atoms with van der Waals surface area (Å²) in [7, 11) is 0. The first-order valence-electron chi connectivity index (χ1n) is 5.91. The quantitative estimate of drug-likeness (QED) is 0.603. The van der Waals surface area contributed by atoms with Gasteiger partial charge in [0.2, 0.25) is 6.79 Å². The van der Waals surface area contributed by atoms with Crippen molar-refractivity contribution in [3.05, 3.63) is 17.7 Å². The summed E-state index contributed by atoms with van der Waals surface area (Å²) in [5, 5.41) is 2.52. The van der Waals surface area contributed by atoms with Crippen LogP contribution in [0, 0.1) is 0 Å². The van der Waals surface area contributed by atoms with Gasteiger partial charge in [-0.25, -0.2) is 8.78 Å². The van der Waals surface area contributed by atoms with Gasteiger partial charge in [0.15, 0.2) is 11.5 Å².